The van der Waals surface area contributed by atoms with Gasteiger partial charge in [0, 0.05) is 39.4 Å². The van der Waals surface area contributed by atoms with Crippen molar-refractivity contribution < 1.29 is 40.7 Å². The van der Waals surface area contributed by atoms with E-state index in [-0.39, 0.29) is 30.2 Å². The van der Waals surface area contributed by atoms with Crippen molar-refractivity contribution in [3.05, 3.63) is 66.3 Å². The molecular formula is C40H51ClN6O9S2. The molecule has 3 aromatic rings. The van der Waals surface area contributed by atoms with Gasteiger partial charge >= 0.3 is 0 Å². The van der Waals surface area contributed by atoms with Crippen LogP contribution in [0.25, 0.3) is 10.8 Å². The predicted molar refractivity (Wildman–Crippen MR) is 220 cm³/mol. The summed E-state index contributed by atoms with van der Waals surface area (Å²) < 4.78 is 68.8. The Morgan fingerprint density at radius 2 is 1.74 bits per heavy atom. The molecule has 4 N–H and O–H groups in total. The number of anilines is 1. The van der Waals surface area contributed by atoms with E-state index in [0.29, 0.717) is 40.1 Å². The zero-order chi connectivity index (χ0) is 42.6. The lowest BCUT2D eigenvalue weighted by Crippen LogP contribution is -2.58. The number of nitrogens with zero attached hydrogens (tertiary/aromatic N) is 2. The zero-order valence-electron chi connectivity index (χ0n) is 33.6. The number of ether oxygens (including phenoxy) is 2. The molecular weight excluding hydrogens is 808 g/mol. The van der Waals surface area contributed by atoms with Crippen molar-refractivity contribution in [3.8, 4) is 11.6 Å². The van der Waals surface area contributed by atoms with Crippen LogP contribution >= 0.6 is 11.6 Å². The van der Waals surface area contributed by atoms with Gasteiger partial charge in [-0.15, -0.1) is 6.58 Å². The zero-order valence-corrected chi connectivity index (χ0v) is 36.0. The van der Waals surface area contributed by atoms with Crippen molar-refractivity contribution in [1.29, 1.82) is 0 Å². The largest absolute Gasteiger partial charge is 0.494 e. The molecule has 58 heavy (non-hydrogen) atoms. The molecule has 2 aliphatic carbocycles. The summed E-state index contributed by atoms with van der Waals surface area (Å²) in [5.41, 5.74) is -2.77. The molecule has 0 spiro atoms. The highest BCUT2D eigenvalue weighted by molar-refractivity contribution is 7.91. The highest BCUT2D eigenvalue weighted by atomic mass is 35.5. The molecule has 1 aliphatic heterocycles. The third-order valence-corrected chi connectivity index (χ3v) is 14.2. The van der Waals surface area contributed by atoms with Crippen molar-refractivity contribution in [2.75, 3.05) is 19.0 Å². The van der Waals surface area contributed by atoms with Gasteiger partial charge in [0.15, 0.2) is 0 Å². The number of carbonyl (C=O) groups excluding carboxylic acids is 3. The van der Waals surface area contributed by atoms with Gasteiger partial charge in [-0.1, -0.05) is 44.5 Å². The molecule has 0 radical (unpaired) electrons. The van der Waals surface area contributed by atoms with Crippen LogP contribution in [0, 0.1) is 11.3 Å². The van der Waals surface area contributed by atoms with Crippen LogP contribution in [0.2, 0.25) is 5.02 Å². The molecule has 1 saturated heterocycles. The molecule has 15 nitrogen and oxygen atoms in total. The molecule has 6 rings (SSSR count). The highest BCUT2D eigenvalue weighted by Crippen LogP contribution is 2.46. The number of benzene rings is 2. The van der Waals surface area contributed by atoms with Gasteiger partial charge in [0.25, 0.3) is 5.91 Å². The number of halogens is 1. The lowest BCUT2D eigenvalue weighted by atomic mass is 9.85. The topological polar surface area (TPSA) is 202 Å². The van der Waals surface area contributed by atoms with Gasteiger partial charge in [0.05, 0.1) is 30.0 Å². The molecule has 2 heterocycles. The smallest absolute Gasteiger partial charge is 0.259 e. The third-order valence-electron chi connectivity index (χ3n) is 10.4. The van der Waals surface area contributed by atoms with Crippen LogP contribution in [0.4, 0.5) is 5.69 Å². The number of sulfonamides is 2. The fourth-order valence-corrected chi connectivity index (χ4v) is 10.2. The summed E-state index contributed by atoms with van der Waals surface area (Å²) in [5, 5.41) is 7.01. The molecule has 1 aromatic heterocycles. The molecule has 0 bridgehead atoms. The van der Waals surface area contributed by atoms with Gasteiger partial charge in [0.1, 0.15) is 29.5 Å². The first-order chi connectivity index (χ1) is 27.0. The van der Waals surface area contributed by atoms with Crippen molar-refractivity contribution in [2.24, 2.45) is 11.3 Å². The third kappa shape index (κ3) is 9.22. The number of hydrogen-bond donors (Lipinski definition) is 4. The molecule has 5 atom stereocenters. The highest BCUT2D eigenvalue weighted by Gasteiger charge is 2.62. The predicted octanol–water partition coefficient (Wildman–Crippen LogP) is 4.52. The minimum absolute atomic E-state index is 0.00720. The van der Waals surface area contributed by atoms with E-state index in [9.17, 15) is 31.2 Å². The second-order valence-electron chi connectivity index (χ2n) is 17.3. The summed E-state index contributed by atoms with van der Waals surface area (Å²) in [6.07, 6.45) is 3.18. The molecule has 18 heteroatoms. The Bertz CT molecular complexity index is 2360. The first-order valence-electron chi connectivity index (χ1n) is 19.0. The van der Waals surface area contributed by atoms with Crippen molar-refractivity contribution >= 4 is 65.8 Å². The molecule has 3 aliphatic rings. The number of pyridine rings is 1. The number of methoxy groups -OCH3 is 1. The number of nitrogens with one attached hydrogen (secondary N) is 4. The van der Waals surface area contributed by atoms with Gasteiger partial charge in [0.2, 0.25) is 37.7 Å². The normalized spacial score (nSPS) is 22.8. The van der Waals surface area contributed by atoms with Crippen LogP contribution in [-0.2, 0) is 34.4 Å². The molecule has 314 valence electrons. The number of likely N-dealkylation sites (tertiary alicyclic amines) is 1. The number of rotatable bonds is 14. The lowest BCUT2D eigenvalue weighted by molar-refractivity contribution is -0.141. The van der Waals surface area contributed by atoms with Gasteiger partial charge in [-0.3, -0.25) is 19.1 Å². The van der Waals surface area contributed by atoms with Gasteiger partial charge < -0.3 is 25.0 Å². The minimum Gasteiger partial charge on any atom is -0.494 e. The summed E-state index contributed by atoms with van der Waals surface area (Å²) in [7, 11) is -6.34. The summed E-state index contributed by atoms with van der Waals surface area (Å²) in [5.74, 6) is -1.92. The molecule has 3 fully saturated rings. The number of hydrogen-bond acceptors (Lipinski definition) is 11. The first-order valence-corrected chi connectivity index (χ1v) is 22.4. The van der Waals surface area contributed by atoms with Crippen LogP contribution in [0.5, 0.6) is 11.6 Å². The molecule has 2 aromatic carbocycles. The maximum atomic E-state index is 14.9. The fourth-order valence-electron chi connectivity index (χ4n) is 7.17. The number of fused-ring (bicyclic) bond motifs is 1. The Morgan fingerprint density at radius 1 is 1.03 bits per heavy atom. The summed E-state index contributed by atoms with van der Waals surface area (Å²) in [6, 6.07) is 9.07. The van der Waals surface area contributed by atoms with E-state index in [2.05, 4.69) is 31.6 Å². The minimum atomic E-state index is -3.93. The molecule has 3 amide bonds. The van der Waals surface area contributed by atoms with E-state index >= 15 is 0 Å². The summed E-state index contributed by atoms with van der Waals surface area (Å²) in [4.78, 5) is 48.8. The second kappa shape index (κ2) is 15.6. The van der Waals surface area contributed by atoms with Crippen molar-refractivity contribution in [1.82, 2.24) is 24.6 Å². The van der Waals surface area contributed by atoms with E-state index in [1.165, 1.54) is 36.4 Å². The van der Waals surface area contributed by atoms with Crippen LogP contribution in [0.3, 0.4) is 0 Å². The number of carbonyl (C=O) groups is 3. The van der Waals surface area contributed by atoms with E-state index in [1.54, 1.807) is 51.1 Å². The lowest BCUT2D eigenvalue weighted by Gasteiger charge is -2.36. The van der Waals surface area contributed by atoms with Crippen LogP contribution in [0.15, 0.2) is 66.2 Å². The monoisotopic (exact) mass is 858 g/mol. The number of amides is 3. The standard InChI is InChI=1S/C40H51ClN6O9S2/c1-9-23-20-40(23,37(50)45-57(51,52)27-14-15-27)44-34(48)31-19-26(56-35-30-17-24(41)13-16-29(30)32(55-8)21-42-35)22-47(31)36(49)33(38(2,3)4)43-25-11-10-12-28(18-25)58(53,54)46-39(5,6)7/h9-13,16-18,21,23,26-27,31,33,43,46H,1,14-15,19-20,22H2,2-8H3,(H,44,48)(H,45,50)/t23-,26-,31+,33+,40-/m1/s1. The summed E-state index contributed by atoms with van der Waals surface area (Å²) >= 11 is 6.37. The van der Waals surface area contributed by atoms with Crippen LogP contribution in [-0.4, -0.2) is 92.6 Å². The van der Waals surface area contributed by atoms with E-state index in [4.69, 9.17) is 21.1 Å². The Kier molecular flexibility index (Phi) is 11.6. The van der Waals surface area contributed by atoms with Gasteiger partial charge in [-0.05, 0) is 81.8 Å². The maximum Gasteiger partial charge on any atom is 0.259 e. The van der Waals surface area contributed by atoms with Crippen LogP contribution in [0.1, 0.15) is 67.2 Å². The second-order valence-corrected chi connectivity index (χ2v) is 21.4. The Hall–Kier alpha value is -4.45. The molecule has 2 saturated carbocycles. The van der Waals surface area contributed by atoms with Crippen LogP contribution < -0.4 is 29.6 Å². The summed E-state index contributed by atoms with van der Waals surface area (Å²) in [6.45, 7) is 14.4. The van der Waals surface area contributed by atoms with E-state index in [0.717, 1.165) is 0 Å². The van der Waals surface area contributed by atoms with Crippen molar-refractivity contribution in [2.45, 2.75) is 107 Å². The fraction of sp³-hybridized carbons (Fsp3) is 0.500. The SMILES string of the molecule is C=C[C@@H]1C[C@]1(NC(=O)[C@@H]1C[C@@H](Oc2ncc(OC)c3ccc(Cl)cc23)CN1C(=O)[C@H](Nc1cccc(S(=O)(=O)NC(C)(C)C)c1)C(C)(C)C)C(=O)NS(=O)(=O)C1CC1. The first kappa shape index (κ1) is 43.1. The van der Waals surface area contributed by atoms with E-state index < -0.39 is 83.6 Å². The Labute approximate surface area is 344 Å². The van der Waals surface area contributed by atoms with E-state index in [1.807, 2.05) is 20.8 Å². The van der Waals surface area contributed by atoms with Gasteiger partial charge in [-0.2, -0.15) is 0 Å². The van der Waals surface area contributed by atoms with Gasteiger partial charge in [-0.25, -0.2) is 26.5 Å². The van der Waals surface area contributed by atoms with Crippen molar-refractivity contribution in [3.63, 3.8) is 0 Å². The Balaban J connectivity index is 1.33. The number of aromatic nitrogens is 1. The quantitative estimate of drug-likeness (QED) is 0.166. The Morgan fingerprint density at radius 3 is 2.34 bits per heavy atom. The maximum absolute atomic E-state index is 14.9. The molecule has 0 unspecified atom stereocenters. The average Bonchev–Trinajstić information content (AvgIpc) is 4.06. The average molecular weight is 859 g/mol.